The number of pyridine rings is 2. The molecule has 2 aromatic rings. The number of methoxy groups -OCH3 is 1. The molecule has 0 saturated carbocycles. The monoisotopic (exact) mass is 482 g/mol. The van der Waals surface area contributed by atoms with Crippen LogP contribution in [0.1, 0.15) is 45.4 Å². The number of ether oxygens (including phenoxy) is 1. The van der Waals surface area contributed by atoms with Crippen molar-refractivity contribution in [3.8, 4) is 5.75 Å². The van der Waals surface area contributed by atoms with E-state index in [9.17, 15) is 4.79 Å². The molecule has 3 aliphatic heterocycles. The second-order valence-electron chi connectivity index (χ2n) is 10.5. The van der Waals surface area contributed by atoms with Gasteiger partial charge in [0.2, 0.25) is 5.91 Å². The first-order valence-corrected chi connectivity index (χ1v) is 12.7. The molecule has 3 unspecified atom stereocenters. The van der Waals surface area contributed by atoms with E-state index in [4.69, 9.17) is 9.72 Å². The molecule has 5 atom stereocenters. The van der Waals surface area contributed by atoms with Gasteiger partial charge in [0, 0.05) is 35.6 Å². The van der Waals surface area contributed by atoms with Crippen LogP contribution in [-0.2, 0) is 4.79 Å². The smallest absolute Gasteiger partial charge is 0.237 e. The van der Waals surface area contributed by atoms with Crippen LogP contribution in [0.5, 0.6) is 5.75 Å². The second kappa shape index (κ2) is 10.1. The maximum absolute atomic E-state index is 13.0. The topological polar surface area (TPSA) is 107 Å². The summed E-state index contributed by atoms with van der Waals surface area (Å²) in [5, 5.41) is 8.18. The Morgan fingerprint density at radius 3 is 2.60 bits per heavy atom. The van der Waals surface area contributed by atoms with Crippen molar-refractivity contribution in [1.29, 1.82) is 0 Å². The van der Waals surface area contributed by atoms with Gasteiger partial charge in [0.15, 0.2) is 0 Å². The number of hydrazine groups is 1. The van der Waals surface area contributed by atoms with E-state index in [0.29, 0.717) is 18.3 Å². The minimum atomic E-state index is 0.103. The zero-order chi connectivity index (χ0) is 24.5. The Bertz CT molecular complexity index is 1050. The van der Waals surface area contributed by atoms with Crippen LogP contribution >= 0.6 is 0 Å². The van der Waals surface area contributed by atoms with E-state index in [1.165, 1.54) is 6.42 Å². The van der Waals surface area contributed by atoms with E-state index in [2.05, 4.69) is 38.3 Å². The Hall–Kier alpha value is -2.69. The molecule has 2 bridgehead atoms. The highest BCUT2D eigenvalue weighted by molar-refractivity contribution is 5.92. The van der Waals surface area contributed by atoms with E-state index in [1.807, 2.05) is 31.1 Å². The van der Waals surface area contributed by atoms with Gasteiger partial charge in [0.05, 0.1) is 31.5 Å². The highest BCUT2D eigenvalue weighted by Crippen LogP contribution is 2.36. The number of carbonyl (C=O) groups excluding carboxylic acids is 1. The minimum absolute atomic E-state index is 0.103. The van der Waals surface area contributed by atoms with Gasteiger partial charge in [-0.15, -0.1) is 0 Å². The Balaban J connectivity index is 1.39. The third-order valence-corrected chi connectivity index (χ3v) is 7.36. The number of anilines is 2. The van der Waals surface area contributed by atoms with Gasteiger partial charge in [-0.3, -0.25) is 15.2 Å². The Labute approximate surface area is 207 Å². The lowest BCUT2D eigenvalue weighted by molar-refractivity contribution is -0.141. The summed E-state index contributed by atoms with van der Waals surface area (Å²) < 4.78 is 5.45. The van der Waals surface area contributed by atoms with Crippen LogP contribution in [0, 0.1) is 0 Å². The minimum Gasteiger partial charge on any atom is -0.495 e. The summed E-state index contributed by atoms with van der Waals surface area (Å²) in [7, 11) is 5.57. The van der Waals surface area contributed by atoms with Crippen molar-refractivity contribution in [2.24, 2.45) is 0 Å². The van der Waals surface area contributed by atoms with E-state index >= 15 is 0 Å². The van der Waals surface area contributed by atoms with Crippen molar-refractivity contribution in [1.82, 2.24) is 30.6 Å². The third kappa shape index (κ3) is 5.29. The maximum atomic E-state index is 13.0. The summed E-state index contributed by atoms with van der Waals surface area (Å²) in [4.78, 5) is 26.7. The van der Waals surface area contributed by atoms with Crippen LogP contribution < -0.4 is 26.2 Å². The Kier molecular flexibility index (Phi) is 6.95. The average molecular weight is 483 g/mol. The number of fused-ring (bicyclic) bond motifs is 3. The predicted octanol–water partition coefficient (Wildman–Crippen LogP) is 2.15. The van der Waals surface area contributed by atoms with Gasteiger partial charge in [0.25, 0.3) is 0 Å². The number of rotatable bonds is 7. The summed E-state index contributed by atoms with van der Waals surface area (Å²) in [6.45, 7) is 2.62. The number of hydrogen-bond acceptors (Lipinski definition) is 9. The highest BCUT2D eigenvalue weighted by Gasteiger charge is 2.41. The summed E-state index contributed by atoms with van der Waals surface area (Å²) >= 11 is 0. The molecular formula is C25H38N8O2. The summed E-state index contributed by atoms with van der Waals surface area (Å²) in [5.74, 6) is 2.55. The van der Waals surface area contributed by atoms with Crippen LogP contribution in [0.25, 0.3) is 10.9 Å². The summed E-state index contributed by atoms with van der Waals surface area (Å²) in [6.07, 6.45) is 7.99. The summed E-state index contributed by atoms with van der Waals surface area (Å²) in [6, 6.07) is 5.19. The second-order valence-corrected chi connectivity index (χ2v) is 10.5. The molecule has 3 saturated heterocycles. The molecule has 0 aromatic carbocycles. The molecule has 1 amide bonds. The van der Waals surface area contributed by atoms with E-state index in [0.717, 1.165) is 54.6 Å². The molecule has 190 valence electrons. The lowest BCUT2D eigenvalue weighted by atomic mass is 9.81. The highest BCUT2D eigenvalue weighted by atomic mass is 16.5. The molecular weight excluding hydrogens is 444 g/mol. The number of carbonyl (C=O) groups is 1. The number of amides is 1. The molecule has 4 N–H and O–H groups in total. The summed E-state index contributed by atoms with van der Waals surface area (Å²) in [5.41, 5.74) is 7.39. The van der Waals surface area contributed by atoms with E-state index < -0.39 is 0 Å². The quantitative estimate of drug-likeness (QED) is 0.472. The fourth-order valence-corrected chi connectivity index (χ4v) is 5.84. The molecule has 0 radical (unpaired) electrons. The van der Waals surface area contributed by atoms with Crippen molar-refractivity contribution in [3.05, 3.63) is 18.3 Å². The SMILES string of the molecule is COc1cnc2cc(NC3CC(C)NN3)nc(NC3C[C@H]4CCC[C@@H](C3)N4C(=O)CN(C)C)c2c1. The zero-order valence-electron chi connectivity index (χ0n) is 21.2. The lowest BCUT2D eigenvalue weighted by Crippen LogP contribution is -2.58. The van der Waals surface area contributed by atoms with Crippen LogP contribution in [0.2, 0.25) is 0 Å². The fraction of sp³-hybridized carbons (Fsp3) is 0.640. The van der Waals surface area contributed by atoms with Crippen LogP contribution in [0.4, 0.5) is 11.6 Å². The van der Waals surface area contributed by atoms with Gasteiger partial charge < -0.3 is 25.2 Å². The number of aromatic nitrogens is 2. The molecule has 10 heteroatoms. The zero-order valence-corrected chi connectivity index (χ0v) is 21.2. The number of piperidine rings is 2. The maximum Gasteiger partial charge on any atom is 0.237 e. The van der Waals surface area contributed by atoms with Gasteiger partial charge in [0.1, 0.15) is 17.4 Å². The third-order valence-electron chi connectivity index (χ3n) is 7.36. The standard InChI is InChI=1S/C25H38N8O2/c1-15-8-23(31-30-15)28-22-12-21-20(11-19(35-4)13-26-21)25(29-22)27-16-9-17-6-5-7-18(10-16)33(17)24(34)14-32(2)3/h11-13,15-18,23,30-31H,5-10,14H2,1-4H3,(H2,27,28,29)/t15?,16?,17-,18+,23?. The molecule has 35 heavy (non-hydrogen) atoms. The first-order chi connectivity index (χ1) is 16.9. The first kappa shape index (κ1) is 24.0. The molecule has 5 heterocycles. The van der Waals surface area contributed by atoms with Gasteiger partial charge in [-0.05, 0) is 65.6 Å². The van der Waals surface area contributed by atoms with Crippen molar-refractivity contribution in [3.63, 3.8) is 0 Å². The van der Waals surface area contributed by atoms with Crippen molar-refractivity contribution in [2.75, 3.05) is 38.4 Å². The fourth-order valence-electron chi connectivity index (χ4n) is 5.84. The average Bonchev–Trinajstić information content (AvgIpc) is 3.22. The number of nitrogens with zero attached hydrogens (tertiary/aromatic N) is 4. The normalized spacial score (nSPS) is 28.4. The van der Waals surface area contributed by atoms with Gasteiger partial charge in [-0.25, -0.2) is 10.4 Å². The molecule has 5 rings (SSSR count). The van der Waals surface area contributed by atoms with E-state index in [1.54, 1.807) is 13.3 Å². The van der Waals surface area contributed by atoms with Crippen LogP contribution in [-0.4, -0.2) is 83.8 Å². The van der Waals surface area contributed by atoms with Gasteiger partial charge in [-0.2, -0.15) is 0 Å². The largest absolute Gasteiger partial charge is 0.495 e. The Morgan fingerprint density at radius 1 is 1.17 bits per heavy atom. The van der Waals surface area contributed by atoms with Gasteiger partial charge >= 0.3 is 0 Å². The molecule has 10 nitrogen and oxygen atoms in total. The number of hydrogen-bond donors (Lipinski definition) is 4. The molecule has 3 fully saturated rings. The van der Waals surface area contributed by atoms with Crippen molar-refractivity contribution >= 4 is 28.4 Å². The molecule has 0 spiro atoms. The van der Waals surface area contributed by atoms with E-state index in [-0.39, 0.29) is 30.2 Å². The molecule has 0 aliphatic carbocycles. The lowest BCUT2D eigenvalue weighted by Gasteiger charge is -2.49. The number of nitrogens with one attached hydrogen (secondary N) is 4. The van der Waals surface area contributed by atoms with Crippen LogP contribution in [0.3, 0.4) is 0 Å². The predicted molar refractivity (Wildman–Crippen MR) is 137 cm³/mol. The van der Waals surface area contributed by atoms with Crippen LogP contribution in [0.15, 0.2) is 18.3 Å². The number of likely N-dealkylation sites (N-methyl/N-ethyl adjacent to an activating group) is 1. The van der Waals surface area contributed by atoms with Gasteiger partial charge in [-0.1, -0.05) is 0 Å². The molecule has 3 aliphatic rings. The molecule has 2 aromatic heterocycles. The van der Waals surface area contributed by atoms with Crippen molar-refractivity contribution < 1.29 is 9.53 Å². The first-order valence-electron chi connectivity index (χ1n) is 12.7. The van der Waals surface area contributed by atoms with Crippen molar-refractivity contribution in [2.45, 2.75) is 75.8 Å². The Morgan fingerprint density at radius 2 is 1.94 bits per heavy atom.